The minimum atomic E-state index is -0.0266. The first-order valence-corrected chi connectivity index (χ1v) is 7.37. The standard InChI is InChI=1S/C15H15NO3S/c1-2-16-15(17)14-6-5-13(20-14)10-3-4-11-12(9-10)19-8-7-18-11/h3-6,9H,2,7-8H2,1H3,(H,16,17). The van der Waals surface area contributed by atoms with Crippen LogP contribution in [0.4, 0.5) is 0 Å². The number of hydrogen-bond donors (Lipinski definition) is 1. The van der Waals surface area contributed by atoms with Crippen molar-refractivity contribution in [2.24, 2.45) is 0 Å². The fourth-order valence-electron chi connectivity index (χ4n) is 2.06. The summed E-state index contributed by atoms with van der Waals surface area (Å²) in [7, 11) is 0. The lowest BCUT2D eigenvalue weighted by Gasteiger charge is -2.18. The molecule has 104 valence electrons. The van der Waals surface area contributed by atoms with E-state index < -0.39 is 0 Å². The highest BCUT2D eigenvalue weighted by atomic mass is 32.1. The maximum absolute atomic E-state index is 11.8. The van der Waals surface area contributed by atoms with Crippen LogP contribution in [0.25, 0.3) is 10.4 Å². The minimum Gasteiger partial charge on any atom is -0.486 e. The van der Waals surface area contributed by atoms with E-state index in [1.807, 2.05) is 37.3 Å². The Hall–Kier alpha value is -2.01. The second kappa shape index (κ2) is 5.54. The quantitative estimate of drug-likeness (QED) is 0.945. The van der Waals surface area contributed by atoms with Crippen molar-refractivity contribution in [2.45, 2.75) is 6.92 Å². The SMILES string of the molecule is CCNC(=O)c1ccc(-c2ccc3c(c2)OCCO3)s1. The molecule has 4 nitrogen and oxygen atoms in total. The van der Waals surface area contributed by atoms with Gasteiger partial charge in [0.15, 0.2) is 11.5 Å². The van der Waals surface area contributed by atoms with Crippen molar-refractivity contribution in [1.82, 2.24) is 5.32 Å². The van der Waals surface area contributed by atoms with Gasteiger partial charge >= 0.3 is 0 Å². The Morgan fingerprint density at radius 2 is 2.00 bits per heavy atom. The van der Waals surface area contributed by atoms with Gasteiger partial charge in [-0.15, -0.1) is 11.3 Å². The van der Waals surface area contributed by atoms with E-state index >= 15 is 0 Å². The number of thiophene rings is 1. The zero-order valence-electron chi connectivity index (χ0n) is 11.1. The highest BCUT2D eigenvalue weighted by molar-refractivity contribution is 7.17. The van der Waals surface area contributed by atoms with Crippen LogP contribution in [-0.2, 0) is 0 Å². The summed E-state index contributed by atoms with van der Waals surface area (Å²) >= 11 is 1.48. The number of ether oxygens (including phenoxy) is 2. The molecule has 0 bridgehead atoms. The van der Waals surface area contributed by atoms with Gasteiger partial charge in [-0.1, -0.05) is 0 Å². The number of rotatable bonds is 3. The maximum Gasteiger partial charge on any atom is 0.261 e. The van der Waals surface area contributed by atoms with Crippen molar-refractivity contribution in [2.75, 3.05) is 19.8 Å². The molecule has 3 rings (SSSR count). The molecular weight excluding hydrogens is 274 g/mol. The monoisotopic (exact) mass is 289 g/mol. The number of nitrogens with one attached hydrogen (secondary N) is 1. The summed E-state index contributed by atoms with van der Waals surface area (Å²) in [6.07, 6.45) is 0. The number of carbonyl (C=O) groups excluding carboxylic acids is 1. The van der Waals surface area contributed by atoms with Gasteiger partial charge in [-0.2, -0.15) is 0 Å². The van der Waals surface area contributed by atoms with Crippen LogP contribution < -0.4 is 14.8 Å². The maximum atomic E-state index is 11.8. The van der Waals surface area contributed by atoms with Crippen LogP contribution in [-0.4, -0.2) is 25.7 Å². The summed E-state index contributed by atoms with van der Waals surface area (Å²) in [5, 5.41) is 2.80. The molecule has 0 aliphatic carbocycles. The Bertz CT molecular complexity index is 636. The van der Waals surface area contributed by atoms with Gasteiger partial charge in [0.2, 0.25) is 0 Å². The number of amides is 1. The molecule has 5 heteroatoms. The first-order valence-electron chi connectivity index (χ1n) is 6.56. The van der Waals surface area contributed by atoms with Gasteiger partial charge in [0.05, 0.1) is 4.88 Å². The number of benzene rings is 1. The van der Waals surface area contributed by atoms with E-state index in [0.29, 0.717) is 19.8 Å². The molecule has 0 radical (unpaired) electrons. The Kier molecular flexibility index (Phi) is 3.60. The van der Waals surface area contributed by atoms with Gasteiger partial charge in [0.25, 0.3) is 5.91 Å². The molecule has 1 aliphatic heterocycles. The van der Waals surface area contributed by atoms with E-state index in [4.69, 9.17) is 9.47 Å². The zero-order chi connectivity index (χ0) is 13.9. The largest absolute Gasteiger partial charge is 0.486 e. The van der Waals surface area contributed by atoms with E-state index in [1.54, 1.807) is 0 Å². The van der Waals surface area contributed by atoms with Crippen LogP contribution in [0.3, 0.4) is 0 Å². The average molecular weight is 289 g/mol. The molecule has 0 spiro atoms. The topological polar surface area (TPSA) is 47.6 Å². The van der Waals surface area contributed by atoms with Crippen LogP contribution in [0, 0.1) is 0 Å². The second-order valence-electron chi connectivity index (χ2n) is 4.38. The molecule has 1 aliphatic rings. The molecule has 0 atom stereocenters. The lowest BCUT2D eigenvalue weighted by molar-refractivity contribution is 0.0960. The molecule has 0 saturated carbocycles. The molecule has 1 N–H and O–H groups in total. The molecule has 0 unspecified atom stereocenters. The third kappa shape index (κ3) is 2.49. The fraction of sp³-hybridized carbons (Fsp3) is 0.267. The summed E-state index contributed by atoms with van der Waals surface area (Å²) in [5.41, 5.74) is 1.04. The Morgan fingerprint density at radius 3 is 2.80 bits per heavy atom. The zero-order valence-corrected chi connectivity index (χ0v) is 12.0. The number of hydrogen-bond acceptors (Lipinski definition) is 4. The Morgan fingerprint density at radius 1 is 1.20 bits per heavy atom. The highest BCUT2D eigenvalue weighted by Crippen LogP contribution is 2.36. The normalized spacial score (nSPS) is 13.1. The third-order valence-corrected chi connectivity index (χ3v) is 4.13. The summed E-state index contributed by atoms with van der Waals surface area (Å²) in [6, 6.07) is 9.67. The van der Waals surface area contributed by atoms with Crippen molar-refractivity contribution >= 4 is 17.2 Å². The van der Waals surface area contributed by atoms with Gasteiger partial charge in [-0.05, 0) is 42.8 Å². The fourth-order valence-corrected chi connectivity index (χ4v) is 2.98. The van der Waals surface area contributed by atoms with Gasteiger partial charge in [-0.25, -0.2) is 0 Å². The summed E-state index contributed by atoms with van der Waals surface area (Å²) in [4.78, 5) is 13.5. The van der Waals surface area contributed by atoms with E-state index in [9.17, 15) is 4.79 Å². The Balaban J connectivity index is 1.87. The molecule has 1 aromatic carbocycles. The van der Waals surface area contributed by atoms with Crippen molar-refractivity contribution in [1.29, 1.82) is 0 Å². The highest BCUT2D eigenvalue weighted by Gasteiger charge is 2.14. The van der Waals surface area contributed by atoms with Gasteiger partial charge in [-0.3, -0.25) is 4.79 Å². The first kappa shape index (κ1) is 13.0. The third-order valence-electron chi connectivity index (χ3n) is 2.99. The van der Waals surface area contributed by atoms with Crippen molar-refractivity contribution in [3.8, 4) is 21.9 Å². The molecule has 2 aromatic rings. The molecule has 20 heavy (non-hydrogen) atoms. The summed E-state index contributed by atoms with van der Waals surface area (Å²) in [6.45, 7) is 3.71. The van der Waals surface area contributed by atoms with Crippen LogP contribution in [0.1, 0.15) is 16.6 Å². The number of carbonyl (C=O) groups is 1. The van der Waals surface area contributed by atoms with Crippen LogP contribution in [0.15, 0.2) is 30.3 Å². The lowest BCUT2D eigenvalue weighted by Crippen LogP contribution is -2.21. The van der Waals surface area contributed by atoms with Gasteiger partial charge in [0.1, 0.15) is 13.2 Å². The van der Waals surface area contributed by atoms with E-state index in [2.05, 4.69) is 5.32 Å². The van der Waals surface area contributed by atoms with Gasteiger partial charge in [0, 0.05) is 11.4 Å². The van der Waals surface area contributed by atoms with Crippen LogP contribution in [0.5, 0.6) is 11.5 Å². The van der Waals surface area contributed by atoms with E-state index in [1.165, 1.54) is 11.3 Å². The van der Waals surface area contributed by atoms with Gasteiger partial charge < -0.3 is 14.8 Å². The molecule has 1 amide bonds. The van der Waals surface area contributed by atoms with Crippen molar-refractivity contribution in [3.63, 3.8) is 0 Å². The minimum absolute atomic E-state index is 0.0266. The molecule has 1 aromatic heterocycles. The molecule has 0 saturated heterocycles. The molecule has 0 fully saturated rings. The van der Waals surface area contributed by atoms with E-state index in [0.717, 1.165) is 26.8 Å². The Labute approximate surface area is 121 Å². The van der Waals surface area contributed by atoms with Crippen molar-refractivity contribution < 1.29 is 14.3 Å². The summed E-state index contributed by atoms with van der Waals surface area (Å²) in [5.74, 6) is 1.52. The number of fused-ring (bicyclic) bond motifs is 1. The van der Waals surface area contributed by atoms with Crippen LogP contribution >= 0.6 is 11.3 Å². The van der Waals surface area contributed by atoms with Crippen LogP contribution in [0.2, 0.25) is 0 Å². The second-order valence-corrected chi connectivity index (χ2v) is 5.47. The predicted octanol–water partition coefficient (Wildman–Crippen LogP) is 2.94. The smallest absolute Gasteiger partial charge is 0.261 e. The first-order chi connectivity index (χ1) is 9.78. The summed E-state index contributed by atoms with van der Waals surface area (Å²) < 4.78 is 11.1. The van der Waals surface area contributed by atoms with Crippen molar-refractivity contribution in [3.05, 3.63) is 35.2 Å². The lowest BCUT2D eigenvalue weighted by atomic mass is 10.1. The molecular formula is C15H15NO3S. The molecule has 2 heterocycles. The predicted molar refractivity (Wildman–Crippen MR) is 78.8 cm³/mol. The van der Waals surface area contributed by atoms with E-state index in [-0.39, 0.29) is 5.91 Å². The average Bonchev–Trinajstić information content (AvgIpc) is 2.97.